The molecule has 0 aliphatic carbocycles. The molecular weight excluding hydrogens is 270 g/mol. The Morgan fingerprint density at radius 1 is 1.33 bits per heavy atom. The zero-order valence-electron chi connectivity index (χ0n) is 12.6. The fraction of sp³-hybridized carbons (Fsp3) is 0.571. The number of anilines is 2. The molecule has 0 aromatic heterocycles. The van der Waals surface area contributed by atoms with Gasteiger partial charge in [-0.2, -0.15) is 0 Å². The molecule has 0 bridgehead atoms. The SMILES string of the molecule is CCC(C)N1CCN(c2cc(NN)cc([N+](=O)[O-])c2)CC1. The number of non-ortho nitro benzene ring substituents is 1. The average Bonchev–Trinajstić information content (AvgIpc) is 2.53. The van der Waals surface area contributed by atoms with Crippen LogP contribution in [0.5, 0.6) is 0 Å². The van der Waals surface area contributed by atoms with Gasteiger partial charge in [-0.3, -0.25) is 20.9 Å². The van der Waals surface area contributed by atoms with E-state index in [1.54, 1.807) is 6.07 Å². The zero-order valence-corrected chi connectivity index (χ0v) is 12.6. The summed E-state index contributed by atoms with van der Waals surface area (Å²) in [6, 6.07) is 5.49. The predicted molar refractivity (Wildman–Crippen MR) is 84.4 cm³/mol. The lowest BCUT2D eigenvalue weighted by atomic mass is 10.1. The molecule has 0 spiro atoms. The molecule has 1 atom stereocenters. The van der Waals surface area contributed by atoms with E-state index in [9.17, 15) is 10.1 Å². The number of rotatable bonds is 5. The highest BCUT2D eigenvalue weighted by atomic mass is 16.6. The summed E-state index contributed by atoms with van der Waals surface area (Å²) in [6.45, 7) is 8.12. The Kier molecular flexibility index (Phi) is 4.98. The number of hydrogen-bond acceptors (Lipinski definition) is 6. The van der Waals surface area contributed by atoms with Gasteiger partial charge in [-0.25, -0.2) is 0 Å². The molecule has 1 aliphatic rings. The van der Waals surface area contributed by atoms with Crippen LogP contribution >= 0.6 is 0 Å². The summed E-state index contributed by atoms with van der Waals surface area (Å²) in [6.07, 6.45) is 1.14. The maximum absolute atomic E-state index is 11.0. The second-order valence-electron chi connectivity index (χ2n) is 5.42. The maximum atomic E-state index is 11.0. The quantitative estimate of drug-likeness (QED) is 0.489. The summed E-state index contributed by atoms with van der Waals surface area (Å²) in [7, 11) is 0. The summed E-state index contributed by atoms with van der Waals surface area (Å²) < 4.78 is 0. The molecule has 1 aromatic carbocycles. The minimum Gasteiger partial charge on any atom is -0.369 e. The van der Waals surface area contributed by atoms with E-state index in [1.807, 2.05) is 6.07 Å². The van der Waals surface area contributed by atoms with E-state index >= 15 is 0 Å². The lowest BCUT2D eigenvalue weighted by molar-refractivity contribution is -0.384. The number of nitrogen functional groups attached to an aromatic ring is 1. The smallest absolute Gasteiger partial charge is 0.273 e. The van der Waals surface area contributed by atoms with Gasteiger partial charge >= 0.3 is 0 Å². The summed E-state index contributed by atoms with van der Waals surface area (Å²) in [5, 5.41) is 11.0. The highest BCUT2D eigenvalue weighted by Crippen LogP contribution is 2.27. The molecule has 1 aliphatic heterocycles. The second kappa shape index (κ2) is 6.73. The van der Waals surface area contributed by atoms with Gasteiger partial charge in [-0.15, -0.1) is 0 Å². The largest absolute Gasteiger partial charge is 0.369 e. The van der Waals surface area contributed by atoms with Crippen LogP contribution in [0.2, 0.25) is 0 Å². The number of nitrogens with two attached hydrogens (primary N) is 1. The number of hydrazine groups is 1. The molecule has 0 saturated carbocycles. The molecule has 7 heteroatoms. The molecule has 1 fully saturated rings. The van der Waals surface area contributed by atoms with Crippen molar-refractivity contribution in [3.8, 4) is 0 Å². The summed E-state index contributed by atoms with van der Waals surface area (Å²) in [4.78, 5) is 15.2. The van der Waals surface area contributed by atoms with Gasteiger partial charge in [0.05, 0.1) is 10.6 Å². The minimum absolute atomic E-state index is 0.0600. The highest BCUT2D eigenvalue weighted by molar-refractivity contribution is 5.64. The number of benzene rings is 1. The van der Waals surface area contributed by atoms with E-state index in [1.165, 1.54) is 6.07 Å². The van der Waals surface area contributed by atoms with Crippen LogP contribution in [-0.4, -0.2) is 42.0 Å². The van der Waals surface area contributed by atoms with Gasteiger partial charge in [0.15, 0.2) is 0 Å². The first kappa shape index (κ1) is 15.5. The van der Waals surface area contributed by atoms with Crippen molar-refractivity contribution in [2.75, 3.05) is 36.5 Å². The first-order valence-corrected chi connectivity index (χ1v) is 7.30. The molecular formula is C14H23N5O2. The van der Waals surface area contributed by atoms with Crippen molar-refractivity contribution in [2.24, 2.45) is 5.84 Å². The Balaban J connectivity index is 2.12. The van der Waals surface area contributed by atoms with Crippen LogP contribution in [0.1, 0.15) is 20.3 Å². The van der Waals surface area contributed by atoms with E-state index in [0.29, 0.717) is 11.7 Å². The molecule has 0 radical (unpaired) electrons. The van der Waals surface area contributed by atoms with Crippen molar-refractivity contribution in [3.05, 3.63) is 28.3 Å². The van der Waals surface area contributed by atoms with Crippen LogP contribution in [-0.2, 0) is 0 Å². The van der Waals surface area contributed by atoms with Gasteiger partial charge in [-0.1, -0.05) is 6.92 Å². The van der Waals surface area contributed by atoms with Crippen molar-refractivity contribution < 1.29 is 4.92 Å². The first-order chi connectivity index (χ1) is 10.0. The van der Waals surface area contributed by atoms with Gasteiger partial charge in [0.2, 0.25) is 0 Å². The Labute approximate surface area is 124 Å². The van der Waals surface area contributed by atoms with Crippen molar-refractivity contribution in [1.29, 1.82) is 0 Å². The van der Waals surface area contributed by atoms with Gasteiger partial charge < -0.3 is 10.3 Å². The molecule has 116 valence electrons. The van der Waals surface area contributed by atoms with Gasteiger partial charge in [-0.05, 0) is 19.4 Å². The van der Waals surface area contributed by atoms with Crippen molar-refractivity contribution in [1.82, 2.24) is 4.90 Å². The van der Waals surface area contributed by atoms with Gasteiger partial charge in [0.25, 0.3) is 5.69 Å². The molecule has 21 heavy (non-hydrogen) atoms. The third-order valence-electron chi connectivity index (χ3n) is 4.17. The first-order valence-electron chi connectivity index (χ1n) is 7.30. The molecule has 1 unspecified atom stereocenters. The van der Waals surface area contributed by atoms with E-state index in [4.69, 9.17) is 5.84 Å². The fourth-order valence-corrected chi connectivity index (χ4v) is 2.65. The molecule has 3 N–H and O–H groups in total. The second-order valence-corrected chi connectivity index (χ2v) is 5.42. The molecule has 0 amide bonds. The van der Waals surface area contributed by atoms with Crippen LogP contribution in [0.3, 0.4) is 0 Å². The molecule has 7 nitrogen and oxygen atoms in total. The molecule has 2 rings (SSSR count). The van der Waals surface area contributed by atoms with Crippen molar-refractivity contribution >= 4 is 17.1 Å². The Bertz CT molecular complexity index is 500. The summed E-state index contributed by atoms with van der Waals surface area (Å²) >= 11 is 0. The normalized spacial score (nSPS) is 17.6. The summed E-state index contributed by atoms with van der Waals surface area (Å²) in [5.41, 5.74) is 3.96. The zero-order chi connectivity index (χ0) is 15.4. The van der Waals surface area contributed by atoms with E-state index in [2.05, 4.69) is 29.1 Å². The topological polar surface area (TPSA) is 87.7 Å². The Morgan fingerprint density at radius 3 is 2.52 bits per heavy atom. The number of nitro benzene ring substituents is 1. The van der Waals surface area contributed by atoms with E-state index in [-0.39, 0.29) is 10.6 Å². The van der Waals surface area contributed by atoms with Gasteiger partial charge in [0, 0.05) is 50.0 Å². The Hall–Kier alpha value is -1.86. The Morgan fingerprint density at radius 2 is 2.00 bits per heavy atom. The van der Waals surface area contributed by atoms with Crippen LogP contribution in [0.15, 0.2) is 18.2 Å². The number of piperazine rings is 1. The highest BCUT2D eigenvalue weighted by Gasteiger charge is 2.22. The molecule has 1 aromatic rings. The van der Waals surface area contributed by atoms with Crippen LogP contribution in [0.25, 0.3) is 0 Å². The lowest BCUT2D eigenvalue weighted by Crippen LogP contribution is -2.49. The van der Waals surface area contributed by atoms with E-state index in [0.717, 1.165) is 38.3 Å². The predicted octanol–water partition coefficient (Wildman–Crippen LogP) is 1.80. The maximum Gasteiger partial charge on any atom is 0.273 e. The average molecular weight is 293 g/mol. The van der Waals surface area contributed by atoms with Crippen LogP contribution in [0, 0.1) is 10.1 Å². The third-order valence-corrected chi connectivity index (χ3v) is 4.17. The number of nitro groups is 1. The van der Waals surface area contributed by atoms with Gasteiger partial charge in [0.1, 0.15) is 0 Å². The van der Waals surface area contributed by atoms with Crippen LogP contribution < -0.4 is 16.2 Å². The fourth-order valence-electron chi connectivity index (χ4n) is 2.65. The van der Waals surface area contributed by atoms with E-state index < -0.39 is 0 Å². The monoisotopic (exact) mass is 293 g/mol. The van der Waals surface area contributed by atoms with Crippen LogP contribution in [0.4, 0.5) is 17.1 Å². The van der Waals surface area contributed by atoms with Crippen molar-refractivity contribution in [2.45, 2.75) is 26.3 Å². The lowest BCUT2D eigenvalue weighted by Gasteiger charge is -2.39. The number of hydrogen-bond donors (Lipinski definition) is 2. The third kappa shape index (κ3) is 3.62. The minimum atomic E-state index is -0.389. The molecule has 1 saturated heterocycles. The number of nitrogens with one attached hydrogen (secondary N) is 1. The standard InChI is InChI=1S/C14H23N5O2/c1-3-11(2)17-4-6-18(7-5-17)13-8-12(16-15)9-14(10-13)19(20)21/h8-11,16H,3-7,15H2,1-2H3. The summed E-state index contributed by atoms with van der Waals surface area (Å²) in [5.74, 6) is 5.40. The van der Waals surface area contributed by atoms with Crippen molar-refractivity contribution in [3.63, 3.8) is 0 Å². The molecule has 1 heterocycles. The number of nitrogens with zero attached hydrogens (tertiary/aromatic N) is 3.